The second kappa shape index (κ2) is 8.95. The standard InChI is InChI=1S/C20H29F3N4/c21-20(22,23)14-27-12-9-15(10-13-27)8-11-25-19(24)26-18-7-3-5-16-4-1-2-6-17(16)18/h3,5,7,15H,1-2,4,6,8-14H2,(H3,24,25,26). The maximum Gasteiger partial charge on any atom is 0.401 e. The minimum Gasteiger partial charge on any atom is -0.370 e. The van der Waals surface area contributed by atoms with Gasteiger partial charge in [-0.25, -0.2) is 0 Å². The van der Waals surface area contributed by atoms with Crippen molar-refractivity contribution >= 4 is 11.6 Å². The second-order valence-corrected chi connectivity index (χ2v) is 7.67. The largest absolute Gasteiger partial charge is 0.401 e. The summed E-state index contributed by atoms with van der Waals surface area (Å²) in [5, 5.41) is 3.24. The molecule has 1 aliphatic heterocycles. The van der Waals surface area contributed by atoms with Gasteiger partial charge in [-0.1, -0.05) is 12.1 Å². The van der Waals surface area contributed by atoms with E-state index in [1.54, 1.807) is 0 Å². The van der Waals surface area contributed by atoms with Gasteiger partial charge in [0, 0.05) is 12.2 Å². The van der Waals surface area contributed by atoms with Crippen molar-refractivity contribution in [2.24, 2.45) is 16.6 Å². The molecule has 150 valence electrons. The molecule has 0 amide bonds. The monoisotopic (exact) mass is 382 g/mol. The number of aliphatic imine (C=N–C) groups is 1. The van der Waals surface area contributed by atoms with Crippen LogP contribution in [0.3, 0.4) is 0 Å². The van der Waals surface area contributed by atoms with Crippen LogP contribution in [0.2, 0.25) is 0 Å². The van der Waals surface area contributed by atoms with Gasteiger partial charge in [-0.2, -0.15) is 13.2 Å². The van der Waals surface area contributed by atoms with E-state index in [2.05, 4.69) is 22.4 Å². The van der Waals surface area contributed by atoms with E-state index in [1.165, 1.54) is 28.9 Å². The van der Waals surface area contributed by atoms with Crippen LogP contribution in [-0.2, 0) is 12.8 Å². The Kier molecular flexibility index (Phi) is 6.63. The number of fused-ring (bicyclic) bond motifs is 1. The van der Waals surface area contributed by atoms with Crippen LogP contribution in [0.5, 0.6) is 0 Å². The Balaban J connectivity index is 1.43. The van der Waals surface area contributed by atoms with E-state index < -0.39 is 12.7 Å². The number of alkyl halides is 3. The highest BCUT2D eigenvalue weighted by atomic mass is 19.4. The molecule has 7 heteroatoms. The third-order valence-corrected chi connectivity index (χ3v) is 5.59. The molecular weight excluding hydrogens is 353 g/mol. The number of nitrogens with two attached hydrogens (primary N) is 1. The van der Waals surface area contributed by atoms with Gasteiger partial charge in [0.25, 0.3) is 0 Å². The van der Waals surface area contributed by atoms with Crippen LogP contribution in [-0.4, -0.2) is 43.2 Å². The molecule has 1 aromatic rings. The number of nitrogens with zero attached hydrogens (tertiary/aromatic N) is 2. The van der Waals surface area contributed by atoms with E-state index >= 15 is 0 Å². The van der Waals surface area contributed by atoms with Crippen molar-refractivity contribution in [2.75, 3.05) is 31.5 Å². The topological polar surface area (TPSA) is 53.6 Å². The third-order valence-electron chi connectivity index (χ3n) is 5.59. The summed E-state index contributed by atoms with van der Waals surface area (Å²) in [7, 11) is 0. The van der Waals surface area contributed by atoms with Gasteiger partial charge in [0.05, 0.1) is 6.54 Å². The summed E-state index contributed by atoms with van der Waals surface area (Å²) < 4.78 is 37.3. The van der Waals surface area contributed by atoms with Gasteiger partial charge in [-0.05, 0) is 81.1 Å². The highest BCUT2D eigenvalue weighted by Crippen LogP contribution is 2.28. The third kappa shape index (κ3) is 6.13. The average Bonchev–Trinajstić information content (AvgIpc) is 2.62. The van der Waals surface area contributed by atoms with E-state index in [0.717, 1.165) is 37.8 Å². The number of rotatable bonds is 5. The Bertz CT molecular complexity index is 649. The zero-order valence-electron chi connectivity index (χ0n) is 15.7. The van der Waals surface area contributed by atoms with Crippen LogP contribution in [0.1, 0.15) is 43.2 Å². The first-order valence-corrected chi connectivity index (χ1v) is 9.87. The average molecular weight is 382 g/mol. The molecule has 1 saturated heterocycles. The van der Waals surface area contributed by atoms with Crippen molar-refractivity contribution in [3.63, 3.8) is 0 Å². The highest BCUT2D eigenvalue weighted by Gasteiger charge is 2.32. The SMILES string of the molecule is NC(=NCCC1CCN(CC(F)(F)F)CC1)Nc1cccc2c1CCCC2. The summed E-state index contributed by atoms with van der Waals surface area (Å²) in [5.74, 6) is 0.846. The predicted molar refractivity (Wildman–Crippen MR) is 103 cm³/mol. The summed E-state index contributed by atoms with van der Waals surface area (Å²) in [6, 6.07) is 6.27. The minimum absolute atomic E-state index is 0.420. The van der Waals surface area contributed by atoms with Crippen molar-refractivity contribution in [2.45, 2.75) is 51.1 Å². The quantitative estimate of drug-likeness (QED) is 0.599. The molecule has 0 unspecified atom stereocenters. The Labute approximate surface area is 159 Å². The maximum absolute atomic E-state index is 12.4. The van der Waals surface area contributed by atoms with Crippen molar-refractivity contribution in [1.82, 2.24) is 4.90 Å². The molecule has 1 aromatic carbocycles. The fourth-order valence-electron chi connectivity index (χ4n) is 4.13. The van der Waals surface area contributed by atoms with Crippen molar-refractivity contribution in [3.05, 3.63) is 29.3 Å². The lowest BCUT2D eigenvalue weighted by atomic mass is 9.90. The molecule has 0 bridgehead atoms. The summed E-state index contributed by atoms with van der Waals surface area (Å²) in [5.41, 5.74) is 9.84. The van der Waals surface area contributed by atoms with E-state index in [4.69, 9.17) is 5.73 Å². The van der Waals surface area contributed by atoms with Crippen molar-refractivity contribution in [1.29, 1.82) is 0 Å². The van der Waals surface area contributed by atoms with E-state index in [-0.39, 0.29) is 0 Å². The van der Waals surface area contributed by atoms with Gasteiger partial charge in [0.1, 0.15) is 0 Å². The molecule has 1 fully saturated rings. The van der Waals surface area contributed by atoms with Gasteiger partial charge >= 0.3 is 6.18 Å². The van der Waals surface area contributed by atoms with Crippen LogP contribution >= 0.6 is 0 Å². The van der Waals surface area contributed by atoms with Crippen LogP contribution in [0.15, 0.2) is 23.2 Å². The molecule has 0 aromatic heterocycles. The van der Waals surface area contributed by atoms with Crippen LogP contribution in [0, 0.1) is 5.92 Å². The Morgan fingerprint density at radius 2 is 1.93 bits per heavy atom. The van der Waals surface area contributed by atoms with Gasteiger partial charge in [-0.15, -0.1) is 0 Å². The van der Waals surface area contributed by atoms with Crippen molar-refractivity contribution in [3.8, 4) is 0 Å². The lowest BCUT2D eigenvalue weighted by Gasteiger charge is -2.32. The first kappa shape index (κ1) is 20.0. The molecule has 4 nitrogen and oxygen atoms in total. The number of hydrogen-bond acceptors (Lipinski definition) is 2. The lowest BCUT2D eigenvalue weighted by molar-refractivity contribution is -0.148. The molecule has 1 aliphatic carbocycles. The number of anilines is 1. The predicted octanol–water partition coefficient (Wildman–Crippen LogP) is 3.96. The summed E-state index contributed by atoms with van der Waals surface area (Å²) in [6.07, 6.45) is 2.99. The summed E-state index contributed by atoms with van der Waals surface area (Å²) in [4.78, 5) is 5.92. The highest BCUT2D eigenvalue weighted by molar-refractivity contribution is 5.93. The summed E-state index contributed by atoms with van der Waals surface area (Å²) in [6.45, 7) is 0.837. The normalized spacial score (nSPS) is 19.7. The van der Waals surface area contributed by atoms with Crippen LogP contribution in [0.4, 0.5) is 18.9 Å². The van der Waals surface area contributed by atoms with Gasteiger partial charge in [0.15, 0.2) is 5.96 Å². The zero-order chi connectivity index (χ0) is 19.3. The smallest absolute Gasteiger partial charge is 0.370 e. The van der Waals surface area contributed by atoms with E-state index in [0.29, 0.717) is 31.5 Å². The number of piperidine rings is 1. The second-order valence-electron chi connectivity index (χ2n) is 7.67. The number of likely N-dealkylation sites (tertiary alicyclic amines) is 1. The number of aryl methyl sites for hydroxylation is 1. The van der Waals surface area contributed by atoms with Gasteiger partial charge in [-0.3, -0.25) is 9.89 Å². The number of halogens is 3. The van der Waals surface area contributed by atoms with Crippen LogP contribution < -0.4 is 11.1 Å². The Morgan fingerprint density at radius 3 is 2.67 bits per heavy atom. The maximum atomic E-state index is 12.4. The number of guanidine groups is 1. The minimum atomic E-state index is -4.10. The zero-order valence-corrected chi connectivity index (χ0v) is 15.7. The van der Waals surface area contributed by atoms with Gasteiger partial charge < -0.3 is 11.1 Å². The molecule has 1 heterocycles. The number of benzene rings is 1. The van der Waals surface area contributed by atoms with Gasteiger partial charge in [0.2, 0.25) is 0 Å². The van der Waals surface area contributed by atoms with E-state index in [1.807, 2.05) is 6.07 Å². The first-order chi connectivity index (χ1) is 12.9. The summed E-state index contributed by atoms with van der Waals surface area (Å²) >= 11 is 0. The molecule has 2 aliphatic rings. The molecule has 0 spiro atoms. The molecule has 0 atom stereocenters. The Hall–Kier alpha value is -1.76. The molecule has 3 rings (SSSR count). The first-order valence-electron chi connectivity index (χ1n) is 9.87. The number of nitrogens with one attached hydrogen (secondary N) is 1. The molecule has 0 radical (unpaired) electrons. The fourth-order valence-corrected chi connectivity index (χ4v) is 4.13. The van der Waals surface area contributed by atoms with Crippen molar-refractivity contribution < 1.29 is 13.2 Å². The molecule has 27 heavy (non-hydrogen) atoms. The molecule has 0 saturated carbocycles. The molecule has 3 N–H and O–H groups in total. The number of hydrogen-bond donors (Lipinski definition) is 2. The fraction of sp³-hybridized carbons (Fsp3) is 0.650. The Morgan fingerprint density at radius 1 is 1.19 bits per heavy atom. The lowest BCUT2D eigenvalue weighted by Crippen LogP contribution is -2.40. The van der Waals surface area contributed by atoms with Crippen LogP contribution in [0.25, 0.3) is 0 Å². The van der Waals surface area contributed by atoms with E-state index in [9.17, 15) is 13.2 Å². The molecular formula is C20H29F3N4.